The lowest BCUT2D eigenvalue weighted by Crippen LogP contribution is -2.34. The molecule has 0 fully saturated rings. The molecule has 1 N–H and O–H groups in total. The quantitative estimate of drug-likeness (QED) is 0.828. The topological polar surface area (TPSA) is 21.3 Å². The zero-order valence-corrected chi connectivity index (χ0v) is 10.5. The number of nitrogens with one attached hydrogen (secondary N) is 1. The largest absolute Gasteiger partial charge is 0.489 e. The van der Waals surface area contributed by atoms with E-state index < -0.39 is 11.6 Å². The Balaban J connectivity index is 2.47. The van der Waals surface area contributed by atoms with Crippen molar-refractivity contribution in [2.24, 2.45) is 0 Å². The van der Waals surface area contributed by atoms with Crippen LogP contribution in [0.4, 0.5) is 8.78 Å². The summed E-state index contributed by atoms with van der Waals surface area (Å²) in [5.41, 5.74) is 0. The van der Waals surface area contributed by atoms with Crippen molar-refractivity contribution < 1.29 is 13.5 Å². The lowest BCUT2D eigenvalue weighted by atomic mass is 10.2. The van der Waals surface area contributed by atoms with Gasteiger partial charge in [-0.25, -0.2) is 8.78 Å². The zero-order chi connectivity index (χ0) is 12.8. The summed E-state index contributed by atoms with van der Waals surface area (Å²) < 4.78 is 31.3. The van der Waals surface area contributed by atoms with Crippen molar-refractivity contribution in [2.45, 2.75) is 39.3 Å². The normalized spacial score (nSPS) is 14.4. The van der Waals surface area contributed by atoms with E-state index in [0.717, 1.165) is 12.5 Å². The molecule has 1 aromatic rings. The maximum atomic E-state index is 12.9. The van der Waals surface area contributed by atoms with E-state index in [1.54, 1.807) is 0 Å². The van der Waals surface area contributed by atoms with E-state index >= 15 is 0 Å². The molecule has 0 amide bonds. The average molecular weight is 243 g/mol. The summed E-state index contributed by atoms with van der Waals surface area (Å²) in [6.07, 6.45) is 0.895. The number of halogens is 2. The van der Waals surface area contributed by atoms with Crippen LogP contribution < -0.4 is 10.1 Å². The van der Waals surface area contributed by atoms with E-state index in [0.29, 0.717) is 12.6 Å². The number of hydrogen-bond donors (Lipinski definition) is 1. The molecule has 0 aliphatic rings. The van der Waals surface area contributed by atoms with Crippen molar-refractivity contribution >= 4 is 0 Å². The van der Waals surface area contributed by atoms with E-state index in [4.69, 9.17) is 4.74 Å². The van der Waals surface area contributed by atoms with Gasteiger partial charge in [0.05, 0.1) is 0 Å². The molecule has 0 aliphatic carbocycles. The van der Waals surface area contributed by atoms with Gasteiger partial charge < -0.3 is 10.1 Å². The summed E-state index contributed by atoms with van der Waals surface area (Å²) in [5.74, 6) is -1.02. The highest BCUT2D eigenvalue weighted by Gasteiger charge is 2.08. The molecular weight excluding hydrogens is 224 g/mol. The standard InChI is InChI=1S/C13H19F2NO/c1-4-9(2)16-8-10(3)17-13-6-11(14)5-12(15)7-13/h5-7,9-10,16H,4,8H2,1-3H3. The molecule has 0 radical (unpaired) electrons. The molecule has 1 rings (SSSR count). The monoisotopic (exact) mass is 243 g/mol. The predicted molar refractivity (Wildman–Crippen MR) is 64.2 cm³/mol. The fourth-order valence-corrected chi connectivity index (χ4v) is 1.38. The molecule has 2 unspecified atom stereocenters. The van der Waals surface area contributed by atoms with Gasteiger partial charge in [-0.3, -0.25) is 0 Å². The van der Waals surface area contributed by atoms with Crippen LogP contribution in [0.3, 0.4) is 0 Å². The summed E-state index contributed by atoms with van der Waals surface area (Å²) in [6, 6.07) is 3.60. The maximum Gasteiger partial charge on any atom is 0.129 e. The third-order valence-corrected chi connectivity index (χ3v) is 2.54. The first-order valence-electron chi connectivity index (χ1n) is 5.87. The van der Waals surface area contributed by atoms with Crippen molar-refractivity contribution in [2.75, 3.05) is 6.54 Å². The Morgan fingerprint density at radius 2 is 1.76 bits per heavy atom. The molecule has 2 atom stereocenters. The second kappa shape index (κ2) is 6.55. The molecular formula is C13H19F2NO. The highest BCUT2D eigenvalue weighted by atomic mass is 19.1. The van der Waals surface area contributed by atoms with Gasteiger partial charge in [-0.15, -0.1) is 0 Å². The van der Waals surface area contributed by atoms with E-state index in [1.165, 1.54) is 12.1 Å². The second-order valence-electron chi connectivity index (χ2n) is 4.25. The highest BCUT2D eigenvalue weighted by molar-refractivity contribution is 5.24. The van der Waals surface area contributed by atoms with Gasteiger partial charge >= 0.3 is 0 Å². The molecule has 0 saturated heterocycles. The molecule has 0 aliphatic heterocycles. The summed E-state index contributed by atoms with van der Waals surface area (Å²) in [4.78, 5) is 0. The number of ether oxygens (including phenoxy) is 1. The van der Waals surface area contributed by atoms with Crippen LogP contribution in [0.5, 0.6) is 5.75 Å². The molecule has 4 heteroatoms. The fourth-order valence-electron chi connectivity index (χ4n) is 1.38. The second-order valence-corrected chi connectivity index (χ2v) is 4.25. The minimum atomic E-state index is -0.623. The Bertz CT molecular complexity index is 337. The Morgan fingerprint density at radius 1 is 1.18 bits per heavy atom. The van der Waals surface area contributed by atoms with Crippen molar-refractivity contribution in [3.05, 3.63) is 29.8 Å². The first-order valence-corrected chi connectivity index (χ1v) is 5.87. The molecule has 0 heterocycles. The van der Waals surface area contributed by atoms with E-state index in [-0.39, 0.29) is 11.9 Å². The summed E-state index contributed by atoms with van der Waals surface area (Å²) in [5, 5.41) is 3.27. The van der Waals surface area contributed by atoms with Gasteiger partial charge in [0.25, 0.3) is 0 Å². The van der Waals surface area contributed by atoms with Crippen LogP contribution in [0.1, 0.15) is 27.2 Å². The van der Waals surface area contributed by atoms with Gasteiger partial charge in [0, 0.05) is 30.8 Å². The smallest absolute Gasteiger partial charge is 0.129 e. The molecule has 0 spiro atoms. The Morgan fingerprint density at radius 3 is 2.29 bits per heavy atom. The fraction of sp³-hybridized carbons (Fsp3) is 0.538. The molecule has 17 heavy (non-hydrogen) atoms. The molecule has 0 aromatic heterocycles. The Hall–Kier alpha value is -1.16. The Kier molecular flexibility index (Phi) is 5.35. The minimum Gasteiger partial charge on any atom is -0.489 e. The minimum absolute atomic E-state index is 0.134. The van der Waals surface area contributed by atoms with E-state index in [1.807, 2.05) is 6.92 Å². The number of benzene rings is 1. The summed E-state index contributed by atoms with van der Waals surface area (Å²) >= 11 is 0. The van der Waals surface area contributed by atoms with Gasteiger partial charge in [0.2, 0.25) is 0 Å². The lowest BCUT2D eigenvalue weighted by molar-refractivity contribution is 0.210. The zero-order valence-electron chi connectivity index (χ0n) is 10.5. The van der Waals surface area contributed by atoms with Gasteiger partial charge in [0.1, 0.15) is 23.5 Å². The number of hydrogen-bond acceptors (Lipinski definition) is 2. The maximum absolute atomic E-state index is 12.9. The third kappa shape index (κ3) is 5.13. The van der Waals surface area contributed by atoms with Gasteiger partial charge in [0.15, 0.2) is 0 Å². The molecule has 2 nitrogen and oxygen atoms in total. The van der Waals surface area contributed by atoms with Crippen molar-refractivity contribution in [1.82, 2.24) is 5.32 Å². The van der Waals surface area contributed by atoms with Crippen LogP contribution in [0, 0.1) is 11.6 Å². The first-order chi connectivity index (χ1) is 8.01. The van der Waals surface area contributed by atoms with Gasteiger partial charge in [-0.2, -0.15) is 0 Å². The van der Waals surface area contributed by atoms with Crippen molar-refractivity contribution in [1.29, 1.82) is 0 Å². The highest BCUT2D eigenvalue weighted by Crippen LogP contribution is 2.16. The Labute approximate surface area is 101 Å². The van der Waals surface area contributed by atoms with Crippen LogP contribution in [0.25, 0.3) is 0 Å². The van der Waals surface area contributed by atoms with Crippen LogP contribution in [0.15, 0.2) is 18.2 Å². The molecule has 0 saturated carbocycles. The van der Waals surface area contributed by atoms with Gasteiger partial charge in [-0.1, -0.05) is 6.92 Å². The lowest BCUT2D eigenvalue weighted by Gasteiger charge is -2.18. The van der Waals surface area contributed by atoms with E-state index in [2.05, 4.69) is 19.2 Å². The predicted octanol–water partition coefficient (Wildman–Crippen LogP) is 3.12. The third-order valence-electron chi connectivity index (χ3n) is 2.54. The van der Waals surface area contributed by atoms with Crippen LogP contribution in [0.2, 0.25) is 0 Å². The first kappa shape index (κ1) is 13.9. The summed E-state index contributed by atoms with van der Waals surface area (Å²) in [7, 11) is 0. The summed E-state index contributed by atoms with van der Waals surface area (Å²) in [6.45, 7) is 6.67. The average Bonchev–Trinajstić information content (AvgIpc) is 2.24. The SMILES string of the molecule is CCC(C)NCC(C)Oc1cc(F)cc(F)c1. The van der Waals surface area contributed by atoms with Crippen molar-refractivity contribution in [3.8, 4) is 5.75 Å². The van der Waals surface area contributed by atoms with E-state index in [9.17, 15) is 8.78 Å². The van der Waals surface area contributed by atoms with Crippen LogP contribution in [-0.2, 0) is 0 Å². The van der Waals surface area contributed by atoms with Crippen LogP contribution >= 0.6 is 0 Å². The van der Waals surface area contributed by atoms with Crippen LogP contribution in [-0.4, -0.2) is 18.7 Å². The van der Waals surface area contributed by atoms with Crippen molar-refractivity contribution in [3.63, 3.8) is 0 Å². The van der Waals surface area contributed by atoms with Gasteiger partial charge in [-0.05, 0) is 20.3 Å². The molecule has 0 bridgehead atoms. The molecule has 1 aromatic carbocycles. The molecule has 96 valence electrons. The number of rotatable bonds is 6.